The van der Waals surface area contributed by atoms with Crippen LogP contribution in [0.1, 0.15) is 65.2 Å². The Morgan fingerprint density at radius 1 is 0.944 bits per heavy atom. The molecule has 1 N–H and O–H groups in total. The molecule has 106 valence electrons. The number of hydrogen-bond donors (Lipinski definition) is 1. The number of nitrogens with zero attached hydrogens (tertiary/aromatic N) is 1. The zero-order valence-corrected chi connectivity index (χ0v) is 12.5. The average molecular weight is 252 g/mol. The van der Waals surface area contributed by atoms with Gasteiger partial charge in [0.1, 0.15) is 0 Å². The molecule has 2 fully saturated rings. The van der Waals surface area contributed by atoms with Crippen molar-refractivity contribution in [2.45, 2.75) is 77.3 Å². The molecule has 3 atom stereocenters. The Bertz CT molecular complexity index is 229. The Morgan fingerprint density at radius 2 is 1.72 bits per heavy atom. The molecule has 1 heterocycles. The van der Waals surface area contributed by atoms with Crippen LogP contribution in [-0.4, -0.2) is 36.6 Å². The van der Waals surface area contributed by atoms with Crippen LogP contribution >= 0.6 is 0 Å². The molecule has 2 nitrogen and oxygen atoms in total. The second-order valence-electron chi connectivity index (χ2n) is 6.56. The summed E-state index contributed by atoms with van der Waals surface area (Å²) in [5.74, 6) is 0.889. The van der Waals surface area contributed by atoms with E-state index in [9.17, 15) is 0 Å². The van der Waals surface area contributed by atoms with Gasteiger partial charge in [-0.25, -0.2) is 0 Å². The van der Waals surface area contributed by atoms with E-state index in [1.165, 1.54) is 71.0 Å². The van der Waals surface area contributed by atoms with E-state index in [1.807, 2.05) is 0 Å². The minimum atomic E-state index is 0.793. The van der Waals surface area contributed by atoms with Crippen LogP contribution < -0.4 is 5.32 Å². The van der Waals surface area contributed by atoms with Crippen molar-refractivity contribution in [3.05, 3.63) is 0 Å². The molecule has 2 heteroatoms. The van der Waals surface area contributed by atoms with Crippen LogP contribution in [0, 0.1) is 5.92 Å². The molecule has 18 heavy (non-hydrogen) atoms. The highest BCUT2D eigenvalue weighted by Gasteiger charge is 2.21. The summed E-state index contributed by atoms with van der Waals surface area (Å²) in [6.07, 6.45) is 11.4. The summed E-state index contributed by atoms with van der Waals surface area (Å²) in [5.41, 5.74) is 0. The highest BCUT2D eigenvalue weighted by atomic mass is 15.2. The van der Waals surface area contributed by atoms with Crippen molar-refractivity contribution in [3.63, 3.8) is 0 Å². The van der Waals surface area contributed by atoms with E-state index < -0.39 is 0 Å². The lowest BCUT2D eigenvalue weighted by Crippen LogP contribution is -2.43. The van der Waals surface area contributed by atoms with Gasteiger partial charge in [0, 0.05) is 25.2 Å². The summed E-state index contributed by atoms with van der Waals surface area (Å²) in [7, 11) is 0. The number of hydrogen-bond acceptors (Lipinski definition) is 2. The van der Waals surface area contributed by atoms with Crippen LogP contribution in [0.4, 0.5) is 0 Å². The molecule has 0 aromatic heterocycles. The fourth-order valence-corrected chi connectivity index (χ4v) is 3.68. The first-order valence-corrected chi connectivity index (χ1v) is 8.25. The quantitative estimate of drug-likeness (QED) is 0.825. The molecule has 2 rings (SSSR count). The van der Waals surface area contributed by atoms with Gasteiger partial charge in [-0.15, -0.1) is 0 Å². The molecule has 1 aliphatic carbocycles. The molecule has 0 spiro atoms. The van der Waals surface area contributed by atoms with E-state index in [-0.39, 0.29) is 0 Å². The second kappa shape index (κ2) is 7.49. The van der Waals surface area contributed by atoms with Crippen molar-refractivity contribution in [2.75, 3.05) is 19.6 Å². The summed E-state index contributed by atoms with van der Waals surface area (Å²) in [4.78, 5) is 2.70. The summed E-state index contributed by atoms with van der Waals surface area (Å²) in [6.45, 7) is 8.60. The first-order valence-electron chi connectivity index (χ1n) is 8.25. The van der Waals surface area contributed by atoms with Gasteiger partial charge in [0.15, 0.2) is 0 Å². The second-order valence-corrected chi connectivity index (χ2v) is 6.56. The van der Waals surface area contributed by atoms with Gasteiger partial charge in [-0.2, -0.15) is 0 Å². The summed E-state index contributed by atoms with van der Waals surface area (Å²) in [6, 6.07) is 1.60. The molecule has 1 saturated carbocycles. The van der Waals surface area contributed by atoms with Crippen molar-refractivity contribution in [3.8, 4) is 0 Å². The molecule has 3 unspecified atom stereocenters. The highest BCUT2D eigenvalue weighted by molar-refractivity contribution is 4.79. The normalized spacial score (nSPS) is 35.3. The first-order chi connectivity index (χ1) is 8.77. The third kappa shape index (κ3) is 4.24. The smallest absolute Gasteiger partial charge is 0.0110 e. The maximum Gasteiger partial charge on any atom is 0.0110 e. The van der Waals surface area contributed by atoms with Crippen LogP contribution in [0.5, 0.6) is 0 Å². The topological polar surface area (TPSA) is 15.3 Å². The predicted molar refractivity (Wildman–Crippen MR) is 78.9 cm³/mol. The molecule has 0 aromatic carbocycles. The van der Waals surface area contributed by atoms with Gasteiger partial charge in [0.05, 0.1) is 0 Å². The van der Waals surface area contributed by atoms with Gasteiger partial charge >= 0.3 is 0 Å². The number of nitrogens with one attached hydrogen (secondary N) is 1. The van der Waals surface area contributed by atoms with Gasteiger partial charge in [0.2, 0.25) is 0 Å². The lowest BCUT2D eigenvalue weighted by Gasteiger charge is -2.32. The standard InChI is InChI=1S/C16H32N2/c1-14-8-5-6-10-16(14)17-11-13-18-12-7-3-4-9-15(18)2/h14-17H,3-13H2,1-2H3. The Labute approximate surface area is 114 Å². The van der Waals surface area contributed by atoms with E-state index in [4.69, 9.17) is 0 Å². The zero-order chi connectivity index (χ0) is 12.8. The van der Waals surface area contributed by atoms with Gasteiger partial charge in [-0.05, 0) is 45.1 Å². The molecular weight excluding hydrogens is 220 g/mol. The van der Waals surface area contributed by atoms with Crippen LogP contribution in [0.3, 0.4) is 0 Å². The van der Waals surface area contributed by atoms with E-state index in [0.29, 0.717) is 0 Å². The van der Waals surface area contributed by atoms with Gasteiger partial charge in [-0.3, -0.25) is 4.90 Å². The van der Waals surface area contributed by atoms with Crippen LogP contribution in [-0.2, 0) is 0 Å². The zero-order valence-electron chi connectivity index (χ0n) is 12.5. The third-order valence-corrected chi connectivity index (χ3v) is 5.11. The molecule has 0 radical (unpaired) electrons. The minimum Gasteiger partial charge on any atom is -0.312 e. The molecule has 0 amide bonds. The third-order valence-electron chi connectivity index (χ3n) is 5.11. The minimum absolute atomic E-state index is 0.793. The Kier molecular flexibility index (Phi) is 5.97. The predicted octanol–water partition coefficient (Wildman–Crippen LogP) is 3.42. The fourth-order valence-electron chi connectivity index (χ4n) is 3.68. The monoisotopic (exact) mass is 252 g/mol. The molecule has 0 aromatic rings. The molecule has 0 bridgehead atoms. The van der Waals surface area contributed by atoms with Crippen molar-refractivity contribution in [1.29, 1.82) is 0 Å². The number of likely N-dealkylation sites (tertiary alicyclic amines) is 1. The summed E-state index contributed by atoms with van der Waals surface area (Å²) < 4.78 is 0. The summed E-state index contributed by atoms with van der Waals surface area (Å²) >= 11 is 0. The first kappa shape index (κ1) is 14.3. The van der Waals surface area contributed by atoms with E-state index >= 15 is 0 Å². The maximum atomic E-state index is 3.82. The van der Waals surface area contributed by atoms with E-state index in [1.54, 1.807) is 0 Å². The van der Waals surface area contributed by atoms with E-state index in [0.717, 1.165) is 18.0 Å². The Hall–Kier alpha value is -0.0800. The van der Waals surface area contributed by atoms with E-state index in [2.05, 4.69) is 24.1 Å². The lowest BCUT2D eigenvalue weighted by atomic mass is 9.86. The fraction of sp³-hybridized carbons (Fsp3) is 1.00. The van der Waals surface area contributed by atoms with Crippen molar-refractivity contribution in [1.82, 2.24) is 10.2 Å². The van der Waals surface area contributed by atoms with Crippen molar-refractivity contribution >= 4 is 0 Å². The van der Waals surface area contributed by atoms with Crippen molar-refractivity contribution in [2.24, 2.45) is 5.92 Å². The molecule has 1 aliphatic heterocycles. The van der Waals surface area contributed by atoms with Crippen LogP contribution in [0.25, 0.3) is 0 Å². The number of rotatable bonds is 4. The summed E-state index contributed by atoms with van der Waals surface area (Å²) in [5, 5.41) is 3.82. The van der Waals surface area contributed by atoms with Gasteiger partial charge in [0.25, 0.3) is 0 Å². The maximum absolute atomic E-state index is 3.82. The van der Waals surface area contributed by atoms with Gasteiger partial charge in [-0.1, -0.05) is 32.6 Å². The van der Waals surface area contributed by atoms with Crippen molar-refractivity contribution < 1.29 is 0 Å². The Morgan fingerprint density at radius 3 is 2.56 bits per heavy atom. The highest BCUT2D eigenvalue weighted by Crippen LogP contribution is 2.23. The van der Waals surface area contributed by atoms with Gasteiger partial charge < -0.3 is 5.32 Å². The largest absolute Gasteiger partial charge is 0.312 e. The Balaban J connectivity index is 1.67. The molecular formula is C16H32N2. The average Bonchev–Trinajstić information content (AvgIpc) is 2.57. The van der Waals surface area contributed by atoms with Crippen LogP contribution in [0.15, 0.2) is 0 Å². The SMILES string of the molecule is CC1CCCCC1NCCN1CCCCCC1C. The molecule has 2 aliphatic rings. The molecule has 1 saturated heterocycles. The lowest BCUT2D eigenvalue weighted by molar-refractivity contribution is 0.201. The van der Waals surface area contributed by atoms with Crippen LogP contribution in [0.2, 0.25) is 0 Å².